The number of aliphatic hydroxyl groups excluding tert-OH is 1. The van der Waals surface area contributed by atoms with Gasteiger partial charge in [0.15, 0.2) is 0 Å². The van der Waals surface area contributed by atoms with E-state index in [1.165, 1.54) is 43.6 Å². The molecule has 17 heavy (non-hydrogen) atoms. The number of nitrogens with zero attached hydrogens (tertiary/aromatic N) is 1. The van der Waals surface area contributed by atoms with Crippen LogP contribution in [0.1, 0.15) is 24.8 Å². The van der Waals surface area contributed by atoms with E-state index in [0.717, 1.165) is 6.54 Å². The number of rotatable bonds is 5. The molecule has 1 aliphatic heterocycles. The van der Waals surface area contributed by atoms with Crippen molar-refractivity contribution in [2.45, 2.75) is 25.8 Å². The molecule has 0 bridgehead atoms. The number of anilines is 1. The summed E-state index contributed by atoms with van der Waals surface area (Å²) in [5.74, 6) is 0. The predicted octanol–water partition coefficient (Wildman–Crippen LogP) is 1.76. The van der Waals surface area contributed by atoms with Crippen LogP contribution in [0.5, 0.6) is 0 Å². The molecule has 0 unspecified atom stereocenters. The standard InChI is InChI=1S/C14H22N2O/c17-11-8-15-12-13-4-6-14(7-5-13)16-9-2-1-3-10-16/h4-7,15,17H,1-3,8-12H2. The van der Waals surface area contributed by atoms with E-state index >= 15 is 0 Å². The Kier molecular flexibility index (Phi) is 4.83. The lowest BCUT2D eigenvalue weighted by Crippen LogP contribution is -2.29. The highest BCUT2D eigenvalue weighted by Crippen LogP contribution is 2.20. The van der Waals surface area contributed by atoms with Crippen molar-refractivity contribution in [1.82, 2.24) is 5.32 Å². The molecule has 0 aliphatic carbocycles. The smallest absolute Gasteiger partial charge is 0.0556 e. The maximum absolute atomic E-state index is 8.69. The van der Waals surface area contributed by atoms with E-state index in [1.54, 1.807) is 0 Å². The fraction of sp³-hybridized carbons (Fsp3) is 0.571. The number of nitrogens with one attached hydrogen (secondary N) is 1. The lowest BCUT2D eigenvalue weighted by Gasteiger charge is -2.28. The quantitative estimate of drug-likeness (QED) is 0.762. The fourth-order valence-corrected chi connectivity index (χ4v) is 2.29. The van der Waals surface area contributed by atoms with E-state index in [1.807, 2.05) is 0 Å². The number of aliphatic hydroxyl groups is 1. The minimum absolute atomic E-state index is 0.200. The molecule has 1 heterocycles. The van der Waals surface area contributed by atoms with E-state index < -0.39 is 0 Å². The second kappa shape index (κ2) is 6.62. The van der Waals surface area contributed by atoms with Crippen LogP contribution in [0.15, 0.2) is 24.3 Å². The summed E-state index contributed by atoms with van der Waals surface area (Å²) >= 11 is 0. The van der Waals surface area contributed by atoms with Gasteiger partial charge < -0.3 is 15.3 Å². The lowest BCUT2D eigenvalue weighted by molar-refractivity contribution is 0.292. The van der Waals surface area contributed by atoms with Crippen LogP contribution in [0.4, 0.5) is 5.69 Å². The van der Waals surface area contributed by atoms with Crippen LogP contribution in [0.2, 0.25) is 0 Å². The minimum Gasteiger partial charge on any atom is -0.395 e. The van der Waals surface area contributed by atoms with Crippen molar-refractivity contribution in [3.8, 4) is 0 Å². The molecule has 1 fully saturated rings. The molecule has 3 nitrogen and oxygen atoms in total. The summed E-state index contributed by atoms with van der Waals surface area (Å²) < 4.78 is 0. The summed E-state index contributed by atoms with van der Waals surface area (Å²) in [5, 5.41) is 11.9. The predicted molar refractivity (Wildman–Crippen MR) is 71.3 cm³/mol. The zero-order valence-corrected chi connectivity index (χ0v) is 10.4. The van der Waals surface area contributed by atoms with Crippen LogP contribution < -0.4 is 10.2 Å². The first-order valence-electron chi connectivity index (χ1n) is 6.55. The van der Waals surface area contributed by atoms with Crippen molar-refractivity contribution in [1.29, 1.82) is 0 Å². The molecule has 94 valence electrons. The topological polar surface area (TPSA) is 35.5 Å². The van der Waals surface area contributed by atoms with Gasteiger partial charge in [-0.05, 0) is 37.0 Å². The Balaban J connectivity index is 1.88. The molecule has 1 aromatic carbocycles. The van der Waals surface area contributed by atoms with Gasteiger partial charge in [0.25, 0.3) is 0 Å². The lowest BCUT2D eigenvalue weighted by atomic mass is 10.1. The zero-order chi connectivity index (χ0) is 11.9. The summed E-state index contributed by atoms with van der Waals surface area (Å²) in [5.41, 5.74) is 2.62. The highest BCUT2D eigenvalue weighted by molar-refractivity contribution is 5.47. The van der Waals surface area contributed by atoms with Crippen LogP contribution in [0, 0.1) is 0 Å². The maximum Gasteiger partial charge on any atom is 0.0556 e. The Hall–Kier alpha value is -1.06. The van der Waals surface area contributed by atoms with Crippen LogP contribution in [-0.4, -0.2) is 31.3 Å². The van der Waals surface area contributed by atoms with Crippen LogP contribution >= 0.6 is 0 Å². The van der Waals surface area contributed by atoms with Crippen molar-refractivity contribution >= 4 is 5.69 Å². The fourth-order valence-electron chi connectivity index (χ4n) is 2.29. The van der Waals surface area contributed by atoms with Gasteiger partial charge in [-0.25, -0.2) is 0 Å². The number of hydrogen-bond acceptors (Lipinski definition) is 3. The molecule has 0 amide bonds. The van der Waals surface area contributed by atoms with Gasteiger partial charge in [0.2, 0.25) is 0 Å². The molecule has 1 saturated heterocycles. The van der Waals surface area contributed by atoms with E-state index in [0.29, 0.717) is 6.54 Å². The Morgan fingerprint density at radius 1 is 1.06 bits per heavy atom. The number of piperidine rings is 1. The van der Waals surface area contributed by atoms with Crippen molar-refractivity contribution < 1.29 is 5.11 Å². The molecule has 0 saturated carbocycles. The summed E-state index contributed by atoms with van der Waals surface area (Å²) in [4.78, 5) is 2.47. The summed E-state index contributed by atoms with van der Waals surface area (Å²) in [7, 11) is 0. The summed E-state index contributed by atoms with van der Waals surface area (Å²) in [6, 6.07) is 8.77. The molecule has 1 aromatic rings. The average molecular weight is 234 g/mol. The van der Waals surface area contributed by atoms with E-state index in [2.05, 4.69) is 34.5 Å². The van der Waals surface area contributed by atoms with Crippen molar-refractivity contribution in [3.63, 3.8) is 0 Å². The van der Waals surface area contributed by atoms with Gasteiger partial charge in [-0.15, -0.1) is 0 Å². The Morgan fingerprint density at radius 3 is 2.41 bits per heavy atom. The highest BCUT2D eigenvalue weighted by Gasteiger charge is 2.10. The third-order valence-electron chi connectivity index (χ3n) is 3.28. The van der Waals surface area contributed by atoms with Crippen LogP contribution in [0.25, 0.3) is 0 Å². The Bertz CT molecular complexity index is 317. The molecule has 1 aliphatic rings. The average Bonchev–Trinajstić information content (AvgIpc) is 2.41. The molecule has 3 heteroatoms. The van der Waals surface area contributed by atoms with Gasteiger partial charge in [0.05, 0.1) is 6.61 Å². The molecule has 2 N–H and O–H groups in total. The minimum atomic E-state index is 0.200. The van der Waals surface area contributed by atoms with Gasteiger partial charge >= 0.3 is 0 Å². The van der Waals surface area contributed by atoms with Gasteiger partial charge in [-0.1, -0.05) is 12.1 Å². The van der Waals surface area contributed by atoms with Crippen LogP contribution in [0.3, 0.4) is 0 Å². The SMILES string of the molecule is OCCNCc1ccc(N2CCCCC2)cc1. The third-order valence-corrected chi connectivity index (χ3v) is 3.28. The third kappa shape index (κ3) is 3.72. The van der Waals surface area contributed by atoms with Crippen molar-refractivity contribution in [2.24, 2.45) is 0 Å². The summed E-state index contributed by atoms with van der Waals surface area (Å²) in [6.07, 6.45) is 4.01. The second-order valence-electron chi connectivity index (χ2n) is 4.61. The first-order chi connectivity index (χ1) is 8.40. The first kappa shape index (κ1) is 12.4. The second-order valence-corrected chi connectivity index (χ2v) is 4.61. The summed E-state index contributed by atoms with van der Waals surface area (Å²) in [6.45, 7) is 4.09. The molecule has 0 atom stereocenters. The molecule has 2 rings (SSSR count). The van der Waals surface area contributed by atoms with Gasteiger partial charge in [-0.3, -0.25) is 0 Å². The highest BCUT2D eigenvalue weighted by atomic mass is 16.3. The molecular weight excluding hydrogens is 212 g/mol. The van der Waals surface area contributed by atoms with Crippen molar-refractivity contribution in [3.05, 3.63) is 29.8 Å². The molecule has 0 aromatic heterocycles. The van der Waals surface area contributed by atoms with Gasteiger partial charge in [0, 0.05) is 31.9 Å². The zero-order valence-electron chi connectivity index (χ0n) is 10.4. The van der Waals surface area contributed by atoms with Crippen molar-refractivity contribution in [2.75, 3.05) is 31.1 Å². The normalized spacial score (nSPS) is 16.2. The van der Waals surface area contributed by atoms with E-state index in [9.17, 15) is 0 Å². The number of benzene rings is 1. The van der Waals surface area contributed by atoms with E-state index in [-0.39, 0.29) is 6.61 Å². The van der Waals surface area contributed by atoms with Crippen LogP contribution in [-0.2, 0) is 6.54 Å². The van der Waals surface area contributed by atoms with E-state index in [4.69, 9.17) is 5.11 Å². The molecule has 0 radical (unpaired) electrons. The monoisotopic (exact) mass is 234 g/mol. The largest absolute Gasteiger partial charge is 0.395 e. The maximum atomic E-state index is 8.69. The molecule has 0 spiro atoms. The number of hydrogen-bond donors (Lipinski definition) is 2. The van der Waals surface area contributed by atoms with Gasteiger partial charge in [0.1, 0.15) is 0 Å². The Labute approximate surface area is 103 Å². The van der Waals surface area contributed by atoms with Gasteiger partial charge in [-0.2, -0.15) is 0 Å². The Morgan fingerprint density at radius 2 is 1.76 bits per heavy atom. The molecular formula is C14H22N2O. The first-order valence-corrected chi connectivity index (χ1v) is 6.55.